The molecule has 1 amide bonds. The lowest BCUT2D eigenvalue weighted by Gasteiger charge is -2.27. The summed E-state index contributed by atoms with van der Waals surface area (Å²) in [5.41, 5.74) is 0.935. The van der Waals surface area contributed by atoms with Crippen molar-refractivity contribution < 1.29 is 19.1 Å². The van der Waals surface area contributed by atoms with Gasteiger partial charge in [0.2, 0.25) is 0 Å². The van der Waals surface area contributed by atoms with E-state index in [-0.39, 0.29) is 17.7 Å². The van der Waals surface area contributed by atoms with Crippen LogP contribution in [0.2, 0.25) is 5.02 Å². The first kappa shape index (κ1) is 19.6. The number of para-hydroxylation sites is 1. The molecule has 0 radical (unpaired) electrons. The van der Waals surface area contributed by atoms with Crippen LogP contribution in [-0.2, 0) is 14.3 Å². The summed E-state index contributed by atoms with van der Waals surface area (Å²) in [4.78, 5) is 25.3. The minimum absolute atomic E-state index is 0.0848. The highest BCUT2D eigenvalue weighted by molar-refractivity contribution is 8.00. The van der Waals surface area contributed by atoms with Crippen LogP contribution in [-0.4, -0.2) is 30.3 Å². The third kappa shape index (κ3) is 5.17. The van der Waals surface area contributed by atoms with Crippen molar-refractivity contribution in [2.75, 3.05) is 12.4 Å². The van der Waals surface area contributed by atoms with E-state index in [1.807, 2.05) is 42.5 Å². The first-order valence-corrected chi connectivity index (χ1v) is 10.00. The van der Waals surface area contributed by atoms with Gasteiger partial charge >= 0.3 is 5.97 Å². The molecular formula is C20H20ClNO4S. The van der Waals surface area contributed by atoms with Gasteiger partial charge in [-0.2, -0.15) is 0 Å². The Bertz CT molecular complexity index is 829. The lowest BCUT2D eigenvalue weighted by molar-refractivity contribution is -0.152. The van der Waals surface area contributed by atoms with Gasteiger partial charge in [0.25, 0.3) is 5.91 Å². The first-order chi connectivity index (χ1) is 13.0. The molecule has 7 heteroatoms. The third-order valence-corrected chi connectivity index (χ3v) is 5.62. The average Bonchev–Trinajstić information content (AvgIpc) is 2.67. The average molecular weight is 406 g/mol. The Morgan fingerprint density at radius 1 is 1.26 bits per heavy atom. The van der Waals surface area contributed by atoms with Crippen LogP contribution >= 0.6 is 23.4 Å². The fourth-order valence-corrected chi connectivity index (χ4v) is 3.79. The Morgan fingerprint density at radius 3 is 2.81 bits per heavy atom. The van der Waals surface area contributed by atoms with E-state index in [9.17, 15) is 9.59 Å². The number of thioether (sulfide) groups is 1. The molecule has 0 saturated carbocycles. The number of esters is 1. The SMILES string of the molecule is CC(OC(=O)CSc1ccccc1Cl)C(=O)NC1CCOc2ccccc21. The van der Waals surface area contributed by atoms with Crippen molar-refractivity contribution in [2.24, 2.45) is 0 Å². The van der Waals surface area contributed by atoms with E-state index in [0.29, 0.717) is 18.1 Å². The van der Waals surface area contributed by atoms with Crippen LogP contribution in [0.5, 0.6) is 5.75 Å². The van der Waals surface area contributed by atoms with Gasteiger partial charge in [0, 0.05) is 16.9 Å². The van der Waals surface area contributed by atoms with Crippen molar-refractivity contribution in [3.63, 3.8) is 0 Å². The number of ether oxygens (including phenoxy) is 2. The van der Waals surface area contributed by atoms with Crippen molar-refractivity contribution in [1.82, 2.24) is 5.32 Å². The highest BCUT2D eigenvalue weighted by Crippen LogP contribution is 2.31. The van der Waals surface area contributed by atoms with Crippen LogP contribution in [0.25, 0.3) is 0 Å². The number of benzene rings is 2. The molecule has 3 rings (SSSR count). The fourth-order valence-electron chi connectivity index (χ4n) is 2.76. The lowest BCUT2D eigenvalue weighted by atomic mass is 10.0. The zero-order valence-corrected chi connectivity index (χ0v) is 16.4. The van der Waals surface area contributed by atoms with Gasteiger partial charge in [0.1, 0.15) is 5.75 Å². The van der Waals surface area contributed by atoms with Crippen LogP contribution < -0.4 is 10.1 Å². The molecule has 2 unspecified atom stereocenters. The van der Waals surface area contributed by atoms with E-state index in [0.717, 1.165) is 16.2 Å². The van der Waals surface area contributed by atoms with Crippen LogP contribution in [0, 0.1) is 0 Å². The summed E-state index contributed by atoms with van der Waals surface area (Å²) in [6, 6.07) is 14.7. The molecule has 0 aliphatic carbocycles. The molecule has 1 aliphatic rings. The Kier molecular flexibility index (Phi) is 6.63. The predicted octanol–water partition coefficient (Wildman–Crippen LogP) is 4.00. The molecule has 1 heterocycles. The summed E-state index contributed by atoms with van der Waals surface area (Å²) < 4.78 is 10.9. The monoisotopic (exact) mass is 405 g/mol. The molecule has 1 N–H and O–H groups in total. The number of amides is 1. The van der Waals surface area contributed by atoms with Gasteiger partial charge in [0.05, 0.1) is 23.4 Å². The fraction of sp³-hybridized carbons (Fsp3) is 0.300. The minimum atomic E-state index is -0.876. The number of halogens is 1. The second-order valence-electron chi connectivity index (χ2n) is 6.09. The highest BCUT2D eigenvalue weighted by Gasteiger charge is 2.26. The zero-order valence-electron chi connectivity index (χ0n) is 14.8. The van der Waals surface area contributed by atoms with Crippen LogP contribution in [0.15, 0.2) is 53.4 Å². The number of carbonyl (C=O) groups excluding carboxylic acids is 2. The molecule has 2 aromatic rings. The summed E-state index contributed by atoms with van der Waals surface area (Å²) in [6.45, 7) is 2.10. The molecule has 142 valence electrons. The number of fused-ring (bicyclic) bond motifs is 1. The molecule has 27 heavy (non-hydrogen) atoms. The predicted molar refractivity (Wildman–Crippen MR) is 105 cm³/mol. The third-order valence-electron chi connectivity index (χ3n) is 4.13. The maximum absolute atomic E-state index is 12.4. The second kappa shape index (κ2) is 9.15. The number of carbonyl (C=O) groups is 2. The largest absolute Gasteiger partial charge is 0.493 e. The van der Waals surface area contributed by atoms with E-state index in [4.69, 9.17) is 21.1 Å². The summed E-state index contributed by atoms with van der Waals surface area (Å²) in [7, 11) is 0. The molecule has 5 nitrogen and oxygen atoms in total. The topological polar surface area (TPSA) is 64.6 Å². The Balaban J connectivity index is 1.51. The summed E-state index contributed by atoms with van der Waals surface area (Å²) in [6.07, 6.45) is -0.203. The van der Waals surface area contributed by atoms with Gasteiger partial charge in [-0.25, -0.2) is 0 Å². The summed E-state index contributed by atoms with van der Waals surface area (Å²) >= 11 is 7.35. The van der Waals surface area contributed by atoms with Crippen LogP contribution in [0.3, 0.4) is 0 Å². The molecule has 2 atom stereocenters. The molecule has 1 aliphatic heterocycles. The number of hydrogen-bond donors (Lipinski definition) is 1. The molecule has 0 aromatic heterocycles. The van der Waals surface area contributed by atoms with Crippen molar-refractivity contribution in [1.29, 1.82) is 0 Å². The number of nitrogens with one attached hydrogen (secondary N) is 1. The van der Waals surface area contributed by atoms with Gasteiger partial charge < -0.3 is 14.8 Å². The summed E-state index contributed by atoms with van der Waals surface area (Å²) in [5, 5.41) is 3.52. The van der Waals surface area contributed by atoms with Crippen molar-refractivity contribution in [3.8, 4) is 5.75 Å². The summed E-state index contributed by atoms with van der Waals surface area (Å²) in [5.74, 6) is 0.0686. The zero-order chi connectivity index (χ0) is 19.2. The van der Waals surface area contributed by atoms with Gasteiger partial charge in [-0.1, -0.05) is 41.9 Å². The van der Waals surface area contributed by atoms with Crippen molar-refractivity contribution >= 4 is 35.2 Å². The maximum atomic E-state index is 12.4. The number of hydrogen-bond acceptors (Lipinski definition) is 5. The molecule has 0 fully saturated rings. The van der Waals surface area contributed by atoms with Gasteiger partial charge in [-0.05, 0) is 25.1 Å². The first-order valence-electron chi connectivity index (χ1n) is 8.63. The Morgan fingerprint density at radius 2 is 2.00 bits per heavy atom. The molecule has 0 bridgehead atoms. The van der Waals surface area contributed by atoms with Gasteiger partial charge in [0.15, 0.2) is 6.10 Å². The van der Waals surface area contributed by atoms with E-state index >= 15 is 0 Å². The standard InChI is InChI=1S/C20H20ClNO4S/c1-13(26-19(23)12-27-18-9-5-3-7-15(18)21)20(24)22-16-10-11-25-17-8-4-2-6-14(16)17/h2-9,13,16H,10-12H2,1H3,(H,22,24). The normalized spacial score (nSPS) is 16.6. The van der Waals surface area contributed by atoms with Crippen LogP contribution in [0.4, 0.5) is 0 Å². The quantitative estimate of drug-likeness (QED) is 0.581. The van der Waals surface area contributed by atoms with Gasteiger partial charge in [-0.15, -0.1) is 11.8 Å². The van der Waals surface area contributed by atoms with Crippen molar-refractivity contribution in [2.45, 2.75) is 30.4 Å². The molecule has 0 saturated heterocycles. The van der Waals surface area contributed by atoms with E-state index in [2.05, 4.69) is 5.32 Å². The smallest absolute Gasteiger partial charge is 0.317 e. The van der Waals surface area contributed by atoms with E-state index < -0.39 is 12.1 Å². The minimum Gasteiger partial charge on any atom is -0.493 e. The van der Waals surface area contributed by atoms with E-state index in [1.165, 1.54) is 11.8 Å². The van der Waals surface area contributed by atoms with Crippen LogP contribution in [0.1, 0.15) is 24.9 Å². The Labute approximate surface area is 167 Å². The van der Waals surface area contributed by atoms with Crippen molar-refractivity contribution in [3.05, 3.63) is 59.1 Å². The van der Waals surface area contributed by atoms with E-state index in [1.54, 1.807) is 13.0 Å². The van der Waals surface area contributed by atoms with Gasteiger partial charge in [-0.3, -0.25) is 9.59 Å². The lowest BCUT2D eigenvalue weighted by Crippen LogP contribution is -2.39. The Hall–Kier alpha value is -2.18. The highest BCUT2D eigenvalue weighted by atomic mass is 35.5. The number of rotatable bonds is 6. The molecule has 2 aromatic carbocycles. The molecular weight excluding hydrogens is 386 g/mol. The maximum Gasteiger partial charge on any atom is 0.317 e. The molecule has 0 spiro atoms. The second-order valence-corrected chi connectivity index (χ2v) is 7.51.